The molecule has 2 N–H and O–H groups in total. The summed E-state index contributed by atoms with van der Waals surface area (Å²) < 4.78 is 24.4. The minimum absolute atomic E-state index is 0.444. The second-order valence-corrected chi connectivity index (χ2v) is 4.62. The molecule has 1 fully saturated rings. The van der Waals surface area contributed by atoms with Crippen LogP contribution in [0.2, 0.25) is 0 Å². The smallest absolute Gasteiger partial charge is 0.326 e. The highest BCUT2D eigenvalue weighted by molar-refractivity contribution is 5.88. The van der Waals surface area contributed by atoms with E-state index >= 15 is 0 Å². The van der Waals surface area contributed by atoms with E-state index in [-0.39, 0.29) is 0 Å². The Morgan fingerprint density at radius 1 is 1.44 bits per heavy atom. The molecule has 1 saturated carbocycles. The normalized spacial score (nSPS) is 18.8. The van der Waals surface area contributed by atoms with Crippen molar-refractivity contribution in [3.05, 3.63) is 12.7 Å². The standard InChI is InChI=1S/C12H17F2NO3/c1-2-4-12(5-3-6-12)11(18)15-8(10(16)17)7-9(13)14/h2,8-9H,1,3-7H2,(H,15,18)(H,16,17). The lowest BCUT2D eigenvalue weighted by molar-refractivity contribution is -0.146. The van der Waals surface area contributed by atoms with Crippen LogP contribution in [0.3, 0.4) is 0 Å². The van der Waals surface area contributed by atoms with Crippen molar-refractivity contribution in [3.8, 4) is 0 Å². The van der Waals surface area contributed by atoms with Crippen LogP contribution in [-0.2, 0) is 9.59 Å². The van der Waals surface area contributed by atoms with Crippen LogP contribution in [0.15, 0.2) is 12.7 Å². The van der Waals surface area contributed by atoms with Gasteiger partial charge in [-0.1, -0.05) is 12.5 Å². The van der Waals surface area contributed by atoms with E-state index in [1.807, 2.05) is 0 Å². The summed E-state index contributed by atoms with van der Waals surface area (Å²) >= 11 is 0. The SMILES string of the molecule is C=CCC1(C(=O)NC(CC(F)F)C(=O)O)CCC1. The molecule has 0 saturated heterocycles. The molecule has 0 bridgehead atoms. The summed E-state index contributed by atoms with van der Waals surface area (Å²) in [5.41, 5.74) is -0.641. The Morgan fingerprint density at radius 3 is 2.39 bits per heavy atom. The Balaban J connectivity index is 2.65. The van der Waals surface area contributed by atoms with Crippen LogP contribution in [0.5, 0.6) is 0 Å². The van der Waals surface area contributed by atoms with E-state index in [1.54, 1.807) is 6.08 Å². The largest absolute Gasteiger partial charge is 0.480 e. The molecule has 0 aromatic carbocycles. The number of aliphatic carboxylic acids is 1. The average Bonchev–Trinajstić information content (AvgIpc) is 2.21. The lowest BCUT2D eigenvalue weighted by atomic mass is 9.66. The molecular weight excluding hydrogens is 244 g/mol. The number of allylic oxidation sites excluding steroid dienone is 1. The van der Waals surface area contributed by atoms with Gasteiger partial charge in [0.05, 0.1) is 5.41 Å². The van der Waals surface area contributed by atoms with Crippen molar-refractivity contribution in [1.29, 1.82) is 0 Å². The molecule has 18 heavy (non-hydrogen) atoms. The Labute approximate surface area is 104 Å². The number of hydrogen-bond donors (Lipinski definition) is 2. The predicted molar refractivity (Wildman–Crippen MR) is 61.3 cm³/mol. The van der Waals surface area contributed by atoms with Gasteiger partial charge >= 0.3 is 5.97 Å². The maximum atomic E-state index is 12.2. The second kappa shape index (κ2) is 5.93. The van der Waals surface area contributed by atoms with Gasteiger partial charge in [0, 0.05) is 6.42 Å². The summed E-state index contributed by atoms with van der Waals surface area (Å²) in [5.74, 6) is -1.89. The minimum Gasteiger partial charge on any atom is -0.480 e. The highest BCUT2D eigenvalue weighted by Crippen LogP contribution is 2.44. The zero-order valence-corrected chi connectivity index (χ0v) is 9.99. The second-order valence-electron chi connectivity index (χ2n) is 4.62. The summed E-state index contributed by atoms with van der Waals surface area (Å²) in [7, 11) is 0. The van der Waals surface area contributed by atoms with E-state index in [0.29, 0.717) is 19.3 Å². The zero-order chi connectivity index (χ0) is 13.8. The molecule has 1 unspecified atom stereocenters. The van der Waals surface area contributed by atoms with Gasteiger partial charge < -0.3 is 10.4 Å². The van der Waals surface area contributed by atoms with E-state index in [0.717, 1.165) is 6.42 Å². The number of carbonyl (C=O) groups excluding carboxylic acids is 1. The van der Waals surface area contributed by atoms with Gasteiger partial charge in [0.2, 0.25) is 12.3 Å². The number of carboxylic acids is 1. The Kier molecular flexibility index (Phi) is 4.81. The molecule has 0 heterocycles. The van der Waals surface area contributed by atoms with Crippen molar-refractivity contribution in [1.82, 2.24) is 5.32 Å². The van der Waals surface area contributed by atoms with E-state index in [4.69, 9.17) is 5.11 Å². The van der Waals surface area contributed by atoms with Crippen LogP contribution in [0.4, 0.5) is 8.78 Å². The summed E-state index contributed by atoms with van der Waals surface area (Å²) in [4.78, 5) is 22.8. The minimum atomic E-state index is -2.76. The number of rotatable bonds is 7. The fraction of sp³-hybridized carbons (Fsp3) is 0.667. The first-order valence-corrected chi connectivity index (χ1v) is 5.84. The number of nitrogens with one attached hydrogen (secondary N) is 1. The zero-order valence-electron chi connectivity index (χ0n) is 9.99. The van der Waals surface area contributed by atoms with E-state index in [1.165, 1.54) is 0 Å². The molecule has 0 aliphatic heterocycles. The van der Waals surface area contributed by atoms with Crippen molar-refractivity contribution in [3.63, 3.8) is 0 Å². The number of amides is 1. The fourth-order valence-electron chi connectivity index (χ4n) is 2.11. The number of hydrogen-bond acceptors (Lipinski definition) is 2. The van der Waals surface area contributed by atoms with Crippen molar-refractivity contribution in [2.75, 3.05) is 0 Å². The predicted octanol–water partition coefficient (Wildman–Crippen LogP) is 1.96. The number of alkyl halides is 2. The highest BCUT2D eigenvalue weighted by atomic mass is 19.3. The fourth-order valence-corrected chi connectivity index (χ4v) is 2.11. The molecule has 1 aliphatic rings. The van der Waals surface area contributed by atoms with Crippen LogP contribution >= 0.6 is 0 Å². The maximum absolute atomic E-state index is 12.2. The summed E-state index contributed by atoms with van der Waals surface area (Å²) in [5, 5.41) is 11.0. The monoisotopic (exact) mass is 261 g/mol. The van der Waals surface area contributed by atoms with Crippen molar-refractivity contribution < 1.29 is 23.5 Å². The van der Waals surface area contributed by atoms with E-state index in [2.05, 4.69) is 11.9 Å². The van der Waals surface area contributed by atoms with Gasteiger partial charge in [-0.2, -0.15) is 0 Å². The van der Waals surface area contributed by atoms with Gasteiger partial charge in [0.15, 0.2) is 0 Å². The summed E-state index contributed by atoms with van der Waals surface area (Å²) in [6.07, 6.45) is 0.585. The third-order valence-electron chi connectivity index (χ3n) is 3.34. The highest BCUT2D eigenvalue weighted by Gasteiger charge is 2.44. The molecular formula is C12H17F2NO3. The molecule has 1 amide bonds. The van der Waals surface area contributed by atoms with Crippen molar-refractivity contribution >= 4 is 11.9 Å². The molecule has 0 spiro atoms. The molecule has 102 valence electrons. The number of halogens is 2. The lowest BCUT2D eigenvalue weighted by Gasteiger charge is -2.40. The van der Waals surface area contributed by atoms with Gasteiger partial charge in [0.25, 0.3) is 0 Å². The van der Waals surface area contributed by atoms with Crippen LogP contribution in [0.1, 0.15) is 32.1 Å². The molecule has 6 heteroatoms. The third kappa shape index (κ3) is 3.27. The van der Waals surface area contributed by atoms with Gasteiger partial charge in [-0.15, -0.1) is 6.58 Å². The molecule has 1 aliphatic carbocycles. The molecule has 0 aromatic rings. The average molecular weight is 261 g/mol. The van der Waals surface area contributed by atoms with Crippen molar-refractivity contribution in [2.24, 2.45) is 5.41 Å². The van der Waals surface area contributed by atoms with Crippen LogP contribution < -0.4 is 5.32 Å². The van der Waals surface area contributed by atoms with Crippen molar-refractivity contribution in [2.45, 2.75) is 44.6 Å². The molecule has 0 aromatic heterocycles. The first kappa shape index (κ1) is 14.6. The van der Waals surface area contributed by atoms with E-state index < -0.39 is 36.2 Å². The maximum Gasteiger partial charge on any atom is 0.326 e. The van der Waals surface area contributed by atoms with Crippen LogP contribution in [-0.4, -0.2) is 29.5 Å². The lowest BCUT2D eigenvalue weighted by Crippen LogP contribution is -2.51. The summed E-state index contributed by atoms with van der Waals surface area (Å²) in [6, 6.07) is -1.53. The van der Waals surface area contributed by atoms with Gasteiger partial charge in [-0.3, -0.25) is 4.79 Å². The van der Waals surface area contributed by atoms with Gasteiger partial charge in [0.1, 0.15) is 6.04 Å². The Morgan fingerprint density at radius 2 is 2.06 bits per heavy atom. The molecule has 4 nitrogen and oxygen atoms in total. The first-order valence-electron chi connectivity index (χ1n) is 5.84. The number of carboxylic acid groups (broad SMARTS) is 1. The Hall–Kier alpha value is -1.46. The third-order valence-corrected chi connectivity index (χ3v) is 3.34. The topological polar surface area (TPSA) is 66.4 Å². The molecule has 1 atom stereocenters. The first-order chi connectivity index (χ1) is 8.41. The number of carbonyl (C=O) groups is 2. The van der Waals surface area contributed by atoms with Crippen LogP contribution in [0, 0.1) is 5.41 Å². The molecule has 1 rings (SSSR count). The quantitative estimate of drug-likeness (QED) is 0.688. The van der Waals surface area contributed by atoms with Crippen LogP contribution in [0.25, 0.3) is 0 Å². The van der Waals surface area contributed by atoms with E-state index in [9.17, 15) is 18.4 Å². The molecule has 0 radical (unpaired) electrons. The summed E-state index contributed by atoms with van der Waals surface area (Å²) in [6.45, 7) is 3.56. The van der Waals surface area contributed by atoms with Gasteiger partial charge in [-0.05, 0) is 19.3 Å². The Bertz CT molecular complexity index is 340. The van der Waals surface area contributed by atoms with Gasteiger partial charge in [-0.25, -0.2) is 13.6 Å².